The Kier molecular flexibility index (Phi) is 4.82. The normalized spacial score (nSPS) is 10.5. The van der Waals surface area contributed by atoms with Crippen LogP contribution in [0.3, 0.4) is 0 Å². The van der Waals surface area contributed by atoms with E-state index in [4.69, 9.17) is 11.6 Å². The minimum atomic E-state index is -0.102. The van der Waals surface area contributed by atoms with Crippen LogP contribution >= 0.6 is 11.6 Å². The fourth-order valence-electron chi connectivity index (χ4n) is 2.78. The Labute approximate surface area is 153 Å². The third-order valence-corrected chi connectivity index (χ3v) is 4.49. The average molecular weight is 350 g/mol. The molecule has 0 heterocycles. The van der Waals surface area contributed by atoms with E-state index in [1.54, 1.807) is 0 Å². The SMILES string of the molecule is C=C(O)Nc1cc(Cl)c(-c2ccc(-c3ccc(C)cc3)cc2)cc1C. The number of hydrogen-bond donors (Lipinski definition) is 2. The van der Waals surface area contributed by atoms with E-state index in [-0.39, 0.29) is 5.88 Å². The minimum absolute atomic E-state index is 0.102. The zero-order valence-electron chi connectivity index (χ0n) is 14.3. The smallest absolute Gasteiger partial charge is 0.181 e. The maximum atomic E-state index is 9.31. The van der Waals surface area contributed by atoms with Crippen molar-refractivity contribution >= 4 is 17.3 Å². The van der Waals surface area contributed by atoms with Gasteiger partial charge in [-0.1, -0.05) is 65.7 Å². The zero-order chi connectivity index (χ0) is 18.0. The van der Waals surface area contributed by atoms with Crippen LogP contribution in [0, 0.1) is 13.8 Å². The first-order chi connectivity index (χ1) is 11.9. The van der Waals surface area contributed by atoms with E-state index in [9.17, 15) is 5.11 Å². The second kappa shape index (κ2) is 7.04. The molecular weight excluding hydrogens is 330 g/mol. The van der Waals surface area contributed by atoms with Crippen molar-refractivity contribution in [2.75, 3.05) is 5.32 Å². The summed E-state index contributed by atoms with van der Waals surface area (Å²) in [7, 11) is 0. The number of aliphatic hydroxyl groups excluding tert-OH is 1. The van der Waals surface area contributed by atoms with Crippen molar-refractivity contribution in [3.05, 3.63) is 89.3 Å². The summed E-state index contributed by atoms with van der Waals surface area (Å²) in [6.45, 7) is 7.50. The molecule has 3 rings (SSSR count). The van der Waals surface area contributed by atoms with Gasteiger partial charge in [0.1, 0.15) is 0 Å². The van der Waals surface area contributed by atoms with Crippen LogP contribution in [-0.4, -0.2) is 5.11 Å². The van der Waals surface area contributed by atoms with Gasteiger partial charge < -0.3 is 10.4 Å². The highest BCUT2D eigenvalue weighted by atomic mass is 35.5. The van der Waals surface area contributed by atoms with Gasteiger partial charge in [-0.25, -0.2) is 0 Å². The number of halogens is 1. The lowest BCUT2D eigenvalue weighted by atomic mass is 9.98. The van der Waals surface area contributed by atoms with E-state index in [0.717, 1.165) is 22.4 Å². The molecule has 0 saturated carbocycles. The quantitative estimate of drug-likeness (QED) is 0.511. The molecule has 0 spiro atoms. The molecule has 0 fully saturated rings. The highest BCUT2D eigenvalue weighted by Gasteiger charge is 2.09. The standard InChI is InChI=1S/C22H20ClNO/c1-14-4-6-17(7-5-14)18-8-10-19(11-9-18)20-12-15(2)22(13-21(20)23)24-16(3)25/h4-13,24-25H,3H2,1-2H3. The topological polar surface area (TPSA) is 32.3 Å². The summed E-state index contributed by atoms with van der Waals surface area (Å²) in [6.07, 6.45) is 0. The Bertz CT molecular complexity index is 912. The molecule has 3 heteroatoms. The average Bonchev–Trinajstić information content (AvgIpc) is 2.58. The van der Waals surface area contributed by atoms with E-state index in [1.165, 1.54) is 16.7 Å². The van der Waals surface area contributed by atoms with Gasteiger partial charge in [0, 0.05) is 11.3 Å². The van der Waals surface area contributed by atoms with Gasteiger partial charge in [0.2, 0.25) is 0 Å². The highest BCUT2D eigenvalue weighted by Crippen LogP contribution is 2.34. The van der Waals surface area contributed by atoms with Gasteiger partial charge in [0.25, 0.3) is 0 Å². The first-order valence-electron chi connectivity index (χ1n) is 8.06. The molecule has 2 N–H and O–H groups in total. The van der Waals surface area contributed by atoms with Crippen molar-refractivity contribution in [1.29, 1.82) is 0 Å². The van der Waals surface area contributed by atoms with Crippen LogP contribution in [-0.2, 0) is 0 Å². The second-order valence-corrected chi connectivity index (χ2v) is 6.57. The lowest BCUT2D eigenvalue weighted by Crippen LogP contribution is -1.99. The molecule has 0 atom stereocenters. The summed E-state index contributed by atoms with van der Waals surface area (Å²) in [5.74, 6) is -0.102. The number of aryl methyl sites for hydroxylation is 2. The van der Waals surface area contributed by atoms with Crippen molar-refractivity contribution in [2.24, 2.45) is 0 Å². The summed E-state index contributed by atoms with van der Waals surface area (Å²) >= 11 is 6.44. The van der Waals surface area contributed by atoms with Crippen molar-refractivity contribution in [2.45, 2.75) is 13.8 Å². The number of benzene rings is 3. The van der Waals surface area contributed by atoms with Crippen LogP contribution in [0.15, 0.2) is 73.1 Å². The molecule has 0 saturated heterocycles. The Balaban J connectivity index is 1.93. The predicted octanol–water partition coefficient (Wildman–Crippen LogP) is 6.73. The molecule has 0 bridgehead atoms. The van der Waals surface area contributed by atoms with Crippen LogP contribution in [0.1, 0.15) is 11.1 Å². The maximum Gasteiger partial charge on any atom is 0.181 e. The van der Waals surface area contributed by atoms with E-state index in [0.29, 0.717) is 5.02 Å². The fourth-order valence-corrected chi connectivity index (χ4v) is 3.05. The van der Waals surface area contributed by atoms with Crippen molar-refractivity contribution in [3.63, 3.8) is 0 Å². The molecule has 25 heavy (non-hydrogen) atoms. The first-order valence-corrected chi connectivity index (χ1v) is 8.44. The van der Waals surface area contributed by atoms with Crippen LogP contribution in [0.25, 0.3) is 22.3 Å². The molecule has 0 aromatic heterocycles. The molecule has 0 radical (unpaired) electrons. The third kappa shape index (κ3) is 3.86. The predicted molar refractivity (Wildman–Crippen MR) is 107 cm³/mol. The van der Waals surface area contributed by atoms with Gasteiger partial charge in [-0.2, -0.15) is 0 Å². The molecule has 0 unspecified atom stereocenters. The summed E-state index contributed by atoms with van der Waals surface area (Å²) < 4.78 is 0. The van der Waals surface area contributed by atoms with E-state index < -0.39 is 0 Å². The molecule has 2 nitrogen and oxygen atoms in total. The van der Waals surface area contributed by atoms with Gasteiger partial charge in [0.15, 0.2) is 5.88 Å². The van der Waals surface area contributed by atoms with E-state index in [1.807, 2.05) is 19.1 Å². The summed E-state index contributed by atoms with van der Waals surface area (Å²) in [6, 6.07) is 20.7. The number of aliphatic hydroxyl groups is 1. The summed E-state index contributed by atoms with van der Waals surface area (Å²) in [5, 5.41) is 12.7. The van der Waals surface area contributed by atoms with Crippen molar-refractivity contribution in [1.82, 2.24) is 0 Å². The summed E-state index contributed by atoms with van der Waals surface area (Å²) in [5.41, 5.74) is 7.37. The molecular formula is C22H20ClNO. The Morgan fingerprint density at radius 2 is 1.40 bits per heavy atom. The van der Waals surface area contributed by atoms with Crippen LogP contribution in [0.2, 0.25) is 5.02 Å². The van der Waals surface area contributed by atoms with Crippen LogP contribution in [0.5, 0.6) is 0 Å². The van der Waals surface area contributed by atoms with E-state index >= 15 is 0 Å². The molecule has 0 amide bonds. The van der Waals surface area contributed by atoms with Gasteiger partial charge >= 0.3 is 0 Å². The lowest BCUT2D eigenvalue weighted by molar-refractivity contribution is 0.422. The second-order valence-electron chi connectivity index (χ2n) is 6.16. The first kappa shape index (κ1) is 17.1. The molecule has 0 aliphatic heterocycles. The highest BCUT2D eigenvalue weighted by molar-refractivity contribution is 6.33. The largest absolute Gasteiger partial charge is 0.495 e. The number of nitrogens with one attached hydrogen (secondary N) is 1. The van der Waals surface area contributed by atoms with Gasteiger partial charge in [-0.3, -0.25) is 0 Å². The van der Waals surface area contributed by atoms with Crippen molar-refractivity contribution in [3.8, 4) is 22.3 Å². The van der Waals surface area contributed by atoms with Crippen LogP contribution < -0.4 is 5.32 Å². The minimum Gasteiger partial charge on any atom is -0.495 e. The molecule has 126 valence electrons. The zero-order valence-corrected chi connectivity index (χ0v) is 15.1. The summed E-state index contributed by atoms with van der Waals surface area (Å²) in [4.78, 5) is 0. The third-order valence-electron chi connectivity index (χ3n) is 4.17. The Morgan fingerprint density at radius 3 is 1.96 bits per heavy atom. The molecule has 0 aliphatic carbocycles. The number of hydrogen-bond acceptors (Lipinski definition) is 2. The van der Waals surface area contributed by atoms with Gasteiger partial charge in [-0.05, 0) is 54.8 Å². The van der Waals surface area contributed by atoms with Crippen LogP contribution in [0.4, 0.5) is 5.69 Å². The number of anilines is 1. The Morgan fingerprint density at radius 1 is 0.880 bits per heavy atom. The molecule has 3 aromatic carbocycles. The van der Waals surface area contributed by atoms with Crippen molar-refractivity contribution < 1.29 is 5.11 Å². The number of rotatable bonds is 4. The van der Waals surface area contributed by atoms with E-state index in [2.05, 4.69) is 67.4 Å². The fraction of sp³-hybridized carbons (Fsp3) is 0.0909. The Hall–Kier alpha value is -2.71. The lowest BCUT2D eigenvalue weighted by Gasteiger charge is -2.13. The molecule has 3 aromatic rings. The van der Waals surface area contributed by atoms with Gasteiger partial charge in [-0.15, -0.1) is 0 Å². The maximum absolute atomic E-state index is 9.31. The van der Waals surface area contributed by atoms with Gasteiger partial charge in [0.05, 0.1) is 5.02 Å². The monoisotopic (exact) mass is 349 g/mol. The molecule has 0 aliphatic rings.